The monoisotopic (exact) mass is 399 g/mol. The van der Waals surface area contributed by atoms with E-state index in [1.807, 2.05) is 24.3 Å². The average Bonchev–Trinajstić information content (AvgIpc) is 3.07. The summed E-state index contributed by atoms with van der Waals surface area (Å²) in [6, 6.07) is 24.8. The highest BCUT2D eigenvalue weighted by atomic mass is 79.9. The molecule has 0 aliphatic heterocycles. The van der Waals surface area contributed by atoms with Gasteiger partial charge in [0.05, 0.1) is 16.7 Å². The molecular formula is C22H14BrN3. The third kappa shape index (κ3) is 2.50. The minimum Gasteiger partial charge on any atom is -0.337 e. The van der Waals surface area contributed by atoms with E-state index in [0.717, 1.165) is 48.9 Å². The zero-order valence-electron chi connectivity index (χ0n) is 13.8. The molecule has 0 fully saturated rings. The molecular weight excluding hydrogens is 386 g/mol. The van der Waals surface area contributed by atoms with Crippen molar-refractivity contribution in [2.45, 2.75) is 0 Å². The Balaban J connectivity index is 1.87. The number of rotatable bonds is 2. The van der Waals surface area contributed by atoms with Crippen LogP contribution in [0.25, 0.3) is 44.5 Å². The Hall–Kier alpha value is -2.98. The van der Waals surface area contributed by atoms with Gasteiger partial charge >= 0.3 is 0 Å². The molecule has 0 bridgehead atoms. The van der Waals surface area contributed by atoms with Crippen molar-refractivity contribution in [3.05, 3.63) is 83.5 Å². The van der Waals surface area contributed by atoms with Gasteiger partial charge < -0.3 is 4.98 Å². The van der Waals surface area contributed by atoms with Crippen LogP contribution in [0.2, 0.25) is 0 Å². The largest absolute Gasteiger partial charge is 0.337 e. The predicted octanol–water partition coefficient (Wildman–Crippen LogP) is 6.21. The van der Waals surface area contributed by atoms with Gasteiger partial charge in [-0.05, 0) is 35.9 Å². The molecule has 3 heterocycles. The molecule has 5 rings (SSSR count). The van der Waals surface area contributed by atoms with Crippen LogP contribution >= 0.6 is 15.9 Å². The lowest BCUT2D eigenvalue weighted by molar-refractivity contribution is 1.34. The van der Waals surface area contributed by atoms with E-state index in [4.69, 9.17) is 4.98 Å². The van der Waals surface area contributed by atoms with Crippen LogP contribution in [0.3, 0.4) is 0 Å². The van der Waals surface area contributed by atoms with Crippen molar-refractivity contribution < 1.29 is 0 Å². The molecule has 1 N–H and O–H groups in total. The molecule has 0 aliphatic rings. The van der Waals surface area contributed by atoms with Gasteiger partial charge in [-0.1, -0.05) is 58.4 Å². The first-order valence-corrected chi connectivity index (χ1v) is 9.18. The molecule has 0 unspecified atom stereocenters. The summed E-state index contributed by atoms with van der Waals surface area (Å²) in [6.07, 6.45) is 1.80. The van der Waals surface area contributed by atoms with Gasteiger partial charge in [-0.15, -0.1) is 0 Å². The standard InChI is InChI=1S/C22H14BrN3/c23-16-10-8-15(9-11-16)19-13-18(14-5-2-1-3-6-14)21-20(25-19)17-7-4-12-24-22(17)26-21/h1-13H,(H,24,26). The minimum absolute atomic E-state index is 0.861. The van der Waals surface area contributed by atoms with Gasteiger partial charge in [0.2, 0.25) is 0 Å². The lowest BCUT2D eigenvalue weighted by Crippen LogP contribution is -1.88. The Bertz CT molecular complexity index is 1230. The van der Waals surface area contributed by atoms with Crippen molar-refractivity contribution >= 4 is 38.0 Å². The summed E-state index contributed by atoms with van der Waals surface area (Å²) in [5.41, 5.74) is 7.16. The first kappa shape index (κ1) is 15.3. The number of fused-ring (bicyclic) bond motifs is 3. The second-order valence-corrected chi connectivity index (χ2v) is 7.09. The number of H-pyrrole nitrogens is 1. The smallest absolute Gasteiger partial charge is 0.139 e. The first-order valence-electron chi connectivity index (χ1n) is 8.38. The van der Waals surface area contributed by atoms with E-state index < -0.39 is 0 Å². The summed E-state index contributed by atoms with van der Waals surface area (Å²) in [5, 5.41) is 1.04. The van der Waals surface area contributed by atoms with Crippen molar-refractivity contribution in [2.24, 2.45) is 0 Å². The van der Waals surface area contributed by atoms with Crippen LogP contribution in [0.5, 0.6) is 0 Å². The van der Waals surface area contributed by atoms with Gasteiger partial charge in [0.1, 0.15) is 5.65 Å². The summed E-state index contributed by atoms with van der Waals surface area (Å²) in [5.74, 6) is 0. The SMILES string of the molecule is Brc1ccc(-c2cc(-c3ccccc3)c3[nH]c4ncccc4c3n2)cc1. The van der Waals surface area contributed by atoms with Gasteiger partial charge in [0.25, 0.3) is 0 Å². The van der Waals surface area contributed by atoms with E-state index in [2.05, 4.69) is 74.4 Å². The van der Waals surface area contributed by atoms with Gasteiger partial charge in [0.15, 0.2) is 0 Å². The molecule has 0 saturated carbocycles. The van der Waals surface area contributed by atoms with Crippen LogP contribution in [0, 0.1) is 0 Å². The van der Waals surface area contributed by atoms with Gasteiger partial charge in [0, 0.05) is 27.2 Å². The zero-order valence-corrected chi connectivity index (χ0v) is 15.4. The van der Waals surface area contributed by atoms with E-state index in [1.165, 1.54) is 0 Å². The maximum absolute atomic E-state index is 4.96. The number of halogens is 1. The van der Waals surface area contributed by atoms with Gasteiger partial charge in [-0.3, -0.25) is 0 Å². The fraction of sp³-hybridized carbons (Fsp3) is 0. The highest BCUT2D eigenvalue weighted by Crippen LogP contribution is 2.34. The molecule has 0 atom stereocenters. The Morgan fingerprint density at radius 1 is 0.808 bits per heavy atom. The molecule has 0 saturated heterocycles. The van der Waals surface area contributed by atoms with E-state index in [0.29, 0.717) is 0 Å². The summed E-state index contributed by atoms with van der Waals surface area (Å²) in [6.45, 7) is 0. The number of nitrogens with zero attached hydrogens (tertiary/aromatic N) is 2. The molecule has 0 radical (unpaired) electrons. The van der Waals surface area contributed by atoms with Crippen LogP contribution < -0.4 is 0 Å². The third-order valence-corrected chi connectivity index (χ3v) is 5.08. The molecule has 2 aromatic carbocycles. The topological polar surface area (TPSA) is 41.6 Å². The number of aromatic nitrogens is 3. The number of aromatic amines is 1. The van der Waals surface area contributed by atoms with Crippen LogP contribution in [-0.4, -0.2) is 15.0 Å². The first-order chi connectivity index (χ1) is 12.8. The molecule has 5 aromatic rings. The van der Waals surface area contributed by atoms with Crippen molar-refractivity contribution in [1.29, 1.82) is 0 Å². The van der Waals surface area contributed by atoms with Crippen molar-refractivity contribution in [3.8, 4) is 22.4 Å². The lowest BCUT2D eigenvalue weighted by atomic mass is 10.0. The van der Waals surface area contributed by atoms with Crippen LogP contribution in [-0.2, 0) is 0 Å². The number of hydrogen-bond acceptors (Lipinski definition) is 2. The maximum atomic E-state index is 4.96. The summed E-state index contributed by atoms with van der Waals surface area (Å²) in [7, 11) is 0. The van der Waals surface area contributed by atoms with Crippen LogP contribution in [0.15, 0.2) is 83.5 Å². The van der Waals surface area contributed by atoms with E-state index >= 15 is 0 Å². The fourth-order valence-corrected chi connectivity index (χ4v) is 3.56. The molecule has 0 aliphatic carbocycles. The average molecular weight is 400 g/mol. The Kier molecular flexibility index (Phi) is 3.57. The Morgan fingerprint density at radius 3 is 2.42 bits per heavy atom. The fourth-order valence-electron chi connectivity index (χ4n) is 3.29. The van der Waals surface area contributed by atoms with Crippen LogP contribution in [0.1, 0.15) is 0 Å². The molecule has 26 heavy (non-hydrogen) atoms. The molecule has 0 spiro atoms. The van der Waals surface area contributed by atoms with Crippen molar-refractivity contribution in [1.82, 2.24) is 15.0 Å². The molecule has 4 heteroatoms. The van der Waals surface area contributed by atoms with E-state index in [9.17, 15) is 0 Å². The Morgan fingerprint density at radius 2 is 1.62 bits per heavy atom. The van der Waals surface area contributed by atoms with Crippen molar-refractivity contribution in [3.63, 3.8) is 0 Å². The van der Waals surface area contributed by atoms with Crippen molar-refractivity contribution in [2.75, 3.05) is 0 Å². The number of nitrogens with one attached hydrogen (secondary N) is 1. The molecule has 3 nitrogen and oxygen atoms in total. The van der Waals surface area contributed by atoms with Gasteiger partial charge in [-0.25, -0.2) is 9.97 Å². The Labute approximate surface area is 158 Å². The quantitative estimate of drug-likeness (QED) is 0.383. The lowest BCUT2D eigenvalue weighted by Gasteiger charge is -2.08. The highest BCUT2D eigenvalue weighted by molar-refractivity contribution is 9.10. The normalized spacial score (nSPS) is 11.3. The number of hydrogen-bond donors (Lipinski definition) is 1. The number of benzene rings is 2. The van der Waals surface area contributed by atoms with Crippen LogP contribution in [0.4, 0.5) is 0 Å². The summed E-state index contributed by atoms with van der Waals surface area (Å²) in [4.78, 5) is 12.9. The molecule has 124 valence electrons. The van der Waals surface area contributed by atoms with Gasteiger partial charge in [-0.2, -0.15) is 0 Å². The predicted molar refractivity (Wildman–Crippen MR) is 110 cm³/mol. The number of pyridine rings is 2. The minimum atomic E-state index is 0.861. The summed E-state index contributed by atoms with van der Waals surface area (Å²) >= 11 is 3.50. The third-order valence-electron chi connectivity index (χ3n) is 4.55. The zero-order chi connectivity index (χ0) is 17.5. The molecule has 3 aromatic heterocycles. The second kappa shape index (κ2) is 6.07. The van der Waals surface area contributed by atoms with E-state index in [-0.39, 0.29) is 0 Å². The van der Waals surface area contributed by atoms with E-state index in [1.54, 1.807) is 6.20 Å². The summed E-state index contributed by atoms with van der Waals surface area (Å²) < 4.78 is 1.06. The second-order valence-electron chi connectivity index (χ2n) is 6.18. The highest BCUT2D eigenvalue weighted by Gasteiger charge is 2.14. The maximum Gasteiger partial charge on any atom is 0.139 e. The molecule has 0 amide bonds.